The summed E-state index contributed by atoms with van der Waals surface area (Å²) < 4.78 is 10.8. The summed E-state index contributed by atoms with van der Waals surface area (Å²) in [5, 5.41) is 8.85. The fraction of sp³-hybridized carbons (Fsp3) is 0.800. The normalized spacial score (nSPS) is 33.5. The van der Waals surface area contributed by atoms with Crippen LogP contribution in [0.2, 0.25) is 0 Å². The molecule has 4 aliphatic carbocycles. The summed E-state index contributed by atoms with van der Waals surface area (Å²) in [6.45, 7) is 15.4. The molecule has 0 amide bonds. The Morgan fingerprint density at radius 2 is 1.69 bits per heavy atom. The number of hydrogen-bond acceptors (Lipinski definition) is 3. The largest absolute Gasteiger partial charge is 0.371 e. The second-order valence-corrected chi connectivity index (χ2v) is 16.8. The van der Waals surface area contributed by atoms with Gasteiger partial charge in [0.15, 0.2) is 0 Å². The highest BCUT2D eigenvalue weighted by atomic mass is 16.5. The molecule has 4 aliphatic rings. The van der Waals surface area contributed by atoms with Crippen LogP contribution in [0.4, 0.5) is 0 Å². The molecule has 0 N–H and O–H groups in total. The van der Waals surface area contributed by atoms with E-state index in [1.54, 1.807) is 5.57 Å². The quantitative estimate of drug-likeness (QED) is 0.148. The summed E-state index contributed by atoms with van der Waals surface area (Å²) in [6.07, 6.45) is 29.4. The zero-order valence-corrected chi connectivity index (χ0v) is 29.4. The molecule has 2 heterocycles. The molecular formula is C40H64N4O. The SMILES string of the molecule is CC(C)CCC[C@@H](C)[C@H]1CC[C@H]2[C@@H]3CC=C4C[C@@H](OCc5cn(CCCCCCn6cccc6)nn5)CC[C@]4(C)[C@H]3CC[C@]12C. The molecule has 0 spiro atoms. The molecule has 8 atom stereocenters. The maximum absolute atomic E-state index is 6.52. The molecule has 2 aromatic heterocycles. The Balaban J connectivity index is 0.960. The van der Waals surface area contributed by atoms with Gasteiger partial charge in [-0.1, -0.05) is 83.6 Å². The van der Waals surface area contributed by atoms with Gasteiger partial charge in [-0.05, 0) is 123 Å². The van der Waals surface area contributed by atoms with Crippen molar-refractivity contribution in [1.29, 1.82) is 0 Å². The standard InChI is InChI=1S/C40H64N4O/c1-30(2)13-12-14-31(3)36-17-18-37-35-16-15-32-27-34(19-21-39(32,4)38(35)20-22-40(36,37)5)45-29-33-28-44(42-41-33)26-9-7-6-8-23-43-24-10-11-25-43/h10-11,15,24-25,28,30-31,34-38H,6-9,12-14,16-23,26-27,29H2,1-5H3/t31-,34+,35+,36-,37+,38+,39+,40-/m1/s1. The van der Waals surface area contributed by atoms with Crippen LogP contribution in [-0.4, -0.2) is 25.7 Å². The summed E-state index contributed by atoms with van der Waals surface area (Å²) in [5.41, 5.74) is 3.66. The van der Waals surface area contributed by atoms with Gasteiger partial charge in [0, 0.05) is 25.5 Å². The summed E-state index contributed by atoms with van der Waals surface area (Å²) in [7, 11) is 0. The Morgan fingerprint density at radius 1 is 0.889 bits per heavy atom. The number of aromatic nitrogens is 4. The van der Waals surface area contributed by atoms with Crippen LogP contribution in [0.1, 0.15) is 137 Å². The number of ether oxygens (including phenoxy) is 1. The Morgan fingerprint density at radius 3 is 2.49 bits per heavy atom. The molecule has 0 aromatic carbocycles. The minimum absolute atomic E-state index is 0.322. The number of unbranched alkanes of at least 4 members (excludes halogenated alkanes) is 3. The molecular weight excluding hydrogens is 552 g/mol. The lowest BCUT2D eigenvalue weighted by molar-refractivity contribution is -0.0658. The predicted molar refractivity (Wildman–Crippen MR) is 185 cm³/mol. The molecule has 6 rings (SSSR count). The number of nitrogens with zero attached hydrogens (tertiary/aromatic N) is 4. The summed E-state index contributed by atoms with van der Waals surface area (Å²) >= 11 is 0. The van der Waals surface area contributed by atoms with Gasteiger partial charge in [-0.2, -0.15) is 0 Å². The molecule has 5 heteroatoms. The van der Waals surface area contributed by atoms with Crippen LogP contribution in [0.5, 0.6) is 0 Å². The molecule has 0 unspecified atom stereocenters. The Kier molecular flexibility index (Phi) is 10.6. The molecule has 45 heavy (non-hydrogen) atoms. The Hall–Kier alpha value is -1.88. The molecule has 250 valence electrons. The maximum Gasteiger partial charge on any atom is 0.108 e. The molecule has 0 radical (unpaired) electrons. The average molecular weight is 617 g/mol. The van der Waals surface area contributed by atoms with Crippen molar-refractivity contribution in [2.75, 3.05) is 0 Å². The first-order valence-electron chi connectivity index (χ1n) is 19.1. The van der Waals surface area contributed by atoms with E-state index in [-0.39, 0.29) is 0 Å². The second kappa shape index (κ2) is 14.5. The van der Waals surface area contributed by atoms with Gasteiger partial charge < -0.3 is 9.30 Å². The first kappa shape index (κ1) is 33.0. The molecule has 3 saturated carbocycles. The van der Waals surface area contributed by atoms with Crippen molar-refractivity contribution >= 4 is 0 Å². The summed E-state index contributed by atoms with van der Waals surface area (Å²) in [5.74, 6) is 5.38. The zero-order chi connectivity index (χ0) is 31.4. The highest BCUT2D eigenvalue weighted by molar-refractivity contribution is 5.25. The number of fused-ring (bicyclic) bond motifs is 5. The monoisotopic (exact) mass is 617 g/mol. The minimum Gasteiger partial charge on any atom is -0.371 e. The third-order valence-electron chi connectivity index (χ3n) is 13.5. The van der Waals surface area contributed by atoms with Gasteiger partial charge in [0.05, 0.1) is 18.9 Å². The fourth-order valence-electron chi connectivity index (χ4n) is 11.0. The van der Waals surface area contributed by atoms with E-state index in [2.05, 4.69) is 86.3 Å². The van der Waals surface area contributed by atoms with Crippen molar-refractivity contribution in [1.82, 2.24) is 19.6 Å². The van der Waals surface area contributed by atoms with Gasteiger partial charge in [0.25, 0.3) is 0 Å². The molecule has 3 fully saturated rings. The predicted octanol–water partition coefficient (Wildman–Crippen LogP) is 10.3. The molecule has 5 nitrogen and oxygen atoms in total. The smallest absolute Gasteiger partial charge is 0.108 e. The van der Waals surface area contributed by atoms with E-state index in [0.29, 0.717) is 23.5 Å². The van der Waals surface area contributed by atoms with Gasteiger partial charge >= 0.3 is 0 Å². The third-order valence-corrected chi connectivity index (χ3v) is 13.5. The Bertz CT molecular complexity index is 1230. The topological polar surface area (TPSA) is 44.9 Å². The van der Waals surface area contributed by atoms with Gasteiger partial charge in [0.1, 0.15) is 5.69 Å². The van der Waals surface area contributed by atoms with Crippen LogP contribution in [0.3, 0.4) is 0 Å². The van der Waals surface area contributed by atoms with E-state index >= 15 is 0 Å². The van der Waals surface area contributed by atoms with Crippen molar-refractivity contribution in [2.45, 2.75) is 157 Å². The van der Waals surface area contributed by atoms with Crippen molar-refractivity contribution in [3.63, 3.8) is 0 Å². The number of rotatable bonds is 15. The lowest BCUT2D eigenvalue weighted by Gasteiger charge is -2.58. The van der Waals surface area contributed by atoms with Crippen molar-refractivity contribution in [3.8, 4) is 0 Å². The number of aryl methyl sites for hydroxylation is 2. The van der Waals surface area contributed by atoms with E-state index in [1.165, 1.54) is 83.5 Å². The van der Waals surface area contributed by atoms with Crippen LogP contribution < -0.4 is 0 Å². The van der Waals surface area contributed by atoms with Gasteiger partial charge in [-0.25, -0.2) is 0 Å². The van der Waals surface area contributed by atoms with Gasteiger partial charge in [0.2, 0.25) is 0 Å². The van der Waals surface area contributed by atoms with Gasteiger partial charge in [-0.15, -0.1) is 5.10 Å². The third kappa shape index (κ3) is 7.34. The van der Waals surface area contributed by atoms with E-state index < -0.39 is 0 Å². The van der Waals surface area contributed by atoms with Crippen LogP contribution in [-0.2, 0) is 24.4 Å². The van der Waals surface area contributed by atoms with Crippen molar-refractivity contribution in [2.24, 2.45) is 46.3 Å². The lowest BCUT2D eigenvalue weighted by Crippen LogP contribution is -2.51. The van der Waals surface area contributed by atoms with Crippen molar-refractivity contribution < 1.29 is 4.74 Å². The first-order chi connectivity index (χ1) is 21.8. The van der Waals surface area contributed by atoms with E-state index in [0.717, 1.165) is 67.1 Å². The van der Waals surface area contributed by atoms with Crippen molar-refractivity contribution in [3.05, 3.63) is 48.1 Å². The highest BCUT2D eigenvalue weighted by Crippen LogP contribution is 2.67. The van der Waals surface area contributed by atoms with Crippen LogP contribution in [0, 0.1) is 46.3 Å². The Labute approximate surface area is 275 Å². The molecule has 0 bridgehead atoms. The lowest BCUT2D eigenvalue weighted by atomic mass is 9.47. The second-order valence-electron chi connectivity index (χ2n) is 16.8. The van der Waals surface area contributed by atoms with Gasteiger partial charge in [-0.3, -0.25) is 4.68 Å². The fourth-order valence-corrected chi connectivity index (χ4v) is 11.0. The molecule has 2 aromatic rings. The molecule has 0 aliphatic heterocycles. The number of hydrogen-bond donors (Lipinski definition) is 0. The summed E-state index contributed by atoms with van der Waals surface area (Å²) in [6, 6.07) is 4.20. The van der Waals surface area contributed by atoms with E-state index in [4.69, 9.17) is 4.74 Å². The number of allylic oxidation sites excluding steroid dienone is 1. The molecule has 0 saturated heterocycles. The van der Waals surface area contributed by atoms with Crippen LogP contribution in [0.25, 0.3) is 0 Å². The van der Waals surface area contributed by atoms with Crippen LogP contribution in [0.15, 0.2) is 42.4 Å². The minimum atomic E-state index is 0.322. The first-order valence-corrected chi connectivity index (χ1v) is 19.1. The maximum atomic E-state index is 6.52. The average Bonchev–Trinajstić information content (AvgIpc) is 3.78. The van der Waals surface area contributed by atoms with Crippen LogP contribution >= 0.6 is 0 Å². The van der Waals surface area contributed by atoms with E-state index in [1.807, 2.05) is 4.68 Å². The summed E-state index contributed by atoms with van der Waals surface area (Å²) in [4.78, 5) is 0. The zero-order valence-electron chi connectivity index (χ0n) is 29.4. The van der Waals surface area contributed by atoms with E-state index in [9.17, 15) is 0 Å². The highest BCUT2D eigenvalue weighted by Gasteiger charge is 2.59.